The fraction of sp³-hybridized carbons (Fsp3) is 0.111. The summed E-state index contributed by atoms with van der Waals surface area (Å²) in [6, 6.07) is 3.75. The van der Waals surface area contributed by atoms with Crippen molar-refractivity contribution < 1.29 is 4.79 Å². The number of hydrogen-bond donors (Lipinski definition) is 2. The molecule has 0 saturated heterocycles. The number of rotatable bonds is 2. The van der Waals surface area contributed by atoms with Gasteiger partial charge >= 0.3 is 0 Å². The van der Waals surface area contributed by atoms with Crippen LogP contribution in [0.5, 0.6) is 0 Å². The summed E-state index contributed by atoms with van der Waals surface area (Å²) in [4.78, 5) is 17.8. The van der Waals surface area contributed by atoms with E-state index in [0.717, 1.165) is 16.6 Å². The van der Waals surface area contributed by atoms with Crippen LogP contribution in [-0.4, -0.2) is 15.9 Å². The van der Waals surface area contributed by atoms with Crippen LogP contribution in [0.4, 0.5) is 0 Å². The topological polar surface area (TPSA) is 71.8 Å². The van der Waals surface area contributed by atoms with Crippen LogP contribution >= 0.6 is 0 Å². The summed E-state index contributed by atoms with van der Waals surface area (Å²) in [5.74, 6) is -0.360. The van der Waals surface area contributed by atoms with Crippen LogP contribution in [0.25, 0.3) is 10.9 Å². The molecule has 0 radical (unpaired) electrons. The van der Waals surface area contributed by atoms with Crippen molar-refractivity contribution >= 4 is 16.8 Å². The molecule has 66 valence electrons. The van der Waals surface area contributed by atoms with Gasteiger partial charge in [0.15, 0.2) is 0 Å². The summed E-state index contributed by atoms with van der Waals surface area (Å²) in [6.45, 7) is 0. The van der Waals surface area contributed by atoms with Crippen LogP contribution in [0.2, 0.25) is 0 Å². The Bertz CT molecular complexity index is 447. The number of hydrogen-bond acceptors (Lipinski definition) is 2. The Balaban J connectivity index is 2.54. The molecule has 2 heterocycles. The molecule has 2 aromatic rings. The first-order valence-corrected chi connectivity index (χ1v) is 3.96. The van der Waals surface area contributed by atoms with Crippen LogP contribution in [0, 0.1) is 0 Å². The molecule has 0 fully saturated rings. The van der Waals surface area contributed by atoms with Crippen molar-refractivity contribution in [2.24, 2.45) is 5.73 Å². The van der Waals surface area contributed by atoms with E-state index in [2.05, 4.69) is 9.97 Å². The lowest BCUT2D eigenvalue weighted by molar-refractivity contribution is -0.117. The van der Waals surface area contributed by atoms with E-state index in [9.17, 15) is 4.79 Å². The minimum Gasteiger partial charge on any atom is -0.369 e. The van der Waals surface area contributed by atoms with E-state index in [1.165, 1.54) is 0 Å². The fourth-order valence-corrected chi connectivity index (χ4v) is 1.35. The van der Waals surface area contributed by atoms with Gasteiger partial charge in [0.2, 0.25) is 5.91 Å². The maximum Gasteiger partial charge on any atom is 0.223 e. The average molecular weight is 175 g/mol. The van der Waals surface area contributed by atoms with Gasteiger partial charge in [-0.15, -0.1) is 0 Å². The van der Waals surface area contributed by atoms with Crippen molar-refractivity contribution in [1.82, 2.24) is 9.97 Å². The van der Waals surface area contributed by atoms with Gasteiger partial charge in [0.1, 0.15) is 0 Å². The van der Waals surface area contributed by atoms with Crippen molar-refractivity contribution in [2.45, 2.75) is 6.42 Å². The van der Waals surface area contributed by atoms with Gasteiger partial charge in [-0.05, 0) is 12.1 Å². The zero-order valence-electron chi connectivity index (χ0n) is 6.95. The zero-order valence-corrected chi connectivity index (χ0v) is 6.95. The quantitative estimate of drug-likeness (QED) is 0.701. The Morgan fingerprint density at radius 1 is 1.54 bits per heavy atom. The number of carbonyl (C=O) groups is 1. The molecule has 0 aliphatic heterocycles. The third kappa shape index (κ3) is 1.38. The van der Waals surface area contributed by atoms with Gasteiger partial charge in [0.25, 0.3) is 0 Å². The second-order valence-electron chi connectivity index (χ2n) is 2.84. The molecular formula is C9H9N3O. The molecule has 0 atom stereocenters. The predicted octanol–water partition coefficient (Wildman–Crippen LogP) is 0.591. The highest BCUT2D eigenvalue weighted by molar-refractivity contribution is 5.86. The molecule has 13 heavy (non-hydrogen) atoms. The van der Waals surface area contributed by atoms with Crippen molar-refractivity contribution in [1.29, 1.82) is 0 Å². The number of nitrogens with one attached hydrogen (secondary N) is 1. The third-order valence-corrected chi connectivity index (χ3v) is 1.90. The van der Waals surface area contributed by atoms with Gasteiger partial charge < -0.3 is 10.7 Å². The summed E-state index contributed by atoms with van der Waals surface area (Å²) in [5, 5.41) is 0.960. The van der Waals surface area contributed by atoms with E-state index >= 15 is 0 Å². The average Bonchev–Trinajstić information content (AvgIpc) is 2.51. The molecule has 0 bridgehead atoms. The number of carbonyl (C=O) groups excluding carboxylic acids is 1. The Labute approximate surface area is 74.8 Å². The van der Waals surface area contributed by atoms with Gasteiger partial charge in [-0.2, -0.15) is 0 Å². The molecule has 0 aliphatic carbocycles. The highest BCUT2D eigenvalue weighted by Gasteiger charge is 2.05. The summed E-state index contributed by atoms with van der Waals surface area (Å²) >= 11 is 0. The van der Waals surface area contributed by atoms with Gasteiger partial charge in [0, 0.05) is 23.3 Å². The van der Waals surface area contributed by atoms with Gasteiger partial charge in [-0.25, -0.2) is 0 Å². The van der Waals surface area contributed by atoms with E-state index in [-0.39, 0.29) is 12.3 Å². The molecule has 3 N–H and O–H groups in total. The van der Waals surface area contributed by atoms with Gasteiger partial charge in [-0.1, -0.05) is 0 Å². The van der Waals surface area contributed by atoms with Gasteiger partial charge in [-0.3, -0.25) is 9.78 Å². The first-order valence-electron chi connectivity index (χ1n) is 3.96. The zero-order chi connectivity index (χ0) is 9.26. The highest BCUT2D eigenvalue weighted by Crippen LogP contribution is 2.14. The molecular weight excluding hydrogens is 166 g/mol. The summed E-state index contributed by atoms with van der Waals surface area (Å²) < 4.78 is 0. The first-order chi connectivity index (χ1) is 6.27. The molecule has 0 unspecified atom stereocenters. The standard InChI is InChI=1S/C9H9N3O/c10-9(13)5-8-6-1-3-11-7(6)2-4-12-8/h1-4,11H,5H2,(H2,10,13). The first kappa shape index (κ1) is 7.79. The van der Waals surface area contributed by atoms with Crippen molar-refractivity contribution in [3.8, 4) is 0 Å². The molecule has 0 saturated carbocycles. The minimum absolute atomic E-state index is 0.190. The lowest BCUT2D eigenvalue weighted by Gasteiger charge is -1.97. The third-order valence-electron chi connectivity index (χ3n) is 1.90. The number of primary amides is 1. The number of amides is 1. The van der Waals surface area contributed by atoms with Gasteiger partial charge in [0.05, 0.1) is 12.1 Å². The van der Waals surface area contributed by atoms with Crippen LogP contribution < -0.4 is 5.73 Å². The van der Waals surface area contributed by atoms with Crippen molar-refractivity contribution in [3.05, 3.63) is 30.2 Å². The molecule has 0 aliphatic rings. The fourth-order valence-electron chi connectivity index (χ4n) is 1.35. The van der Waals surface area contributed by atoms with E-state index in [1.807, 2.05) is 18.3 Å². The summed E-state index contributed by atoms with van der Waals surface area (Å²) in [5.41, 5.74) is 6.80. The van der Waals surface area contributed by atoms with E-state index < -0.39 is 0 Å². The molecule has 2 aromatic heterocycles. The lowest BCUT2D eigenvalue weighted by Crippen LogP contribution is -2.14. The maximum absolute atomic E-state index is 10.7. The van der Waals surface area contributed by atoms with E-state index in [4.69, 9.17) is 5.73 Å². The van der Waals surface area contributed by atoms with Crippen molar-refractivity contribution in [3.63, 3.8) is 0 Å². The number of pyridine rings is 1. The maximum atomic E-state index is 10.7. The molecule has 2 rings (SSSR count). The highest BCUT2D eigenvalue weighted by atomic mass is 16.1. The van der Waals surface area contributed by atoms with E-state index in [0.29, 0.717) is 0 Å². The van der Waals surface area contributed by atoms with Crippen LogP contribution in [-0.2, 0) is 11.2 Å². The molecule has 0 aromatic carbocycles. The number of aromatic amines is 1. The number of H-pyrrole nitrogens is 1. The Kier molecular flexibility index (Phi) is 1.73. The predicted molar refractivity (Wildman–Crippen MR) is 49.0 cm³/mol. The van der Waals surface area contributed by atoms with Crippen LogP contribution in [0.1, 0.15) is 5.69 Å². The molecule has 4 heteroatoms. The number of nitrogens with two attached hydrogens (primary N) is 1. The molecule has 1 amide bonds. The SMILES string of the molecule is NC(=O)Cc1nccc2[nH]ccc12. The number of fused-ring (bicyclic) bond motifs is 1. The Hall–Kier alpha value is -1.84. The van der Waals surface area contributed by atoms with Crippen LogP contribution in [0.15, 0.2) is 24.5 Å². The monoisotopic (exact) mass is 175 g/mol. The Morgan fingerprint density at radius 3 is 3.15 bits per heavy atom. The van der Waals surface area contributed by atoms with E-state index in [1.54, 1.807) is 6.20 Å². The Morgan fingerprint density at radius 2 is 2.38 bits per heavy atom. The summed E-state index contributed by atoms with van der Waals surface area (Å²) in [7, 11) is 0. The smallest absolute Gasteiger partial charge is 0.223 e. The molecule has 0 spiro atoms. The second-order valence-corrected chi connectivity index (χ2v) is 2.84. The lowest BCUT2D eigenvalue weighted by atomic mass is 10.2. The summed E-state index contributed by atoms with van der Waals surface area (Å²) in [6.07, 6.45) is 3.67. The second kappa shape index (κ2) is 2.90. The largest absolute Gasteiger partial charge is 0.369 e. The van der Waals surface area contributed by atoms with Crippen LogP contribution in [0.3, 0.4) is 0 Å². The molecule has 4 nitrogen and oxygen atoms in total. The normalized spacial score (nSPS) is 10.5. The number of aromatic nitrogens is 2. The van der Waals surface area contributed by atoms with Crippen molar-refractivity contribution in [2.75, 3.05) is 0 Å². The number of nitrogens with zero attached hydrogens (tertiary/aromatic N) is 1. The minimum atomic E-state index is -0.360.